The second-order valence-corrected chi connectivity index (χ2v) is 4.89. The van der Waals surface area contributed by atoms with E-state index < -0.39 is 11.3 Å². The average molecular weight is 225 g/mol. The van der Waals surface area contributed by atoms with E-state index in [1.165, 1.54) is 0 Å². The molecule has 1 aromatic carbocycles. The quantitative estimate of drug-likeness (QED) is 0.733. The Morgan fingerprint density at radius 3 is 2.60 bits per heavy atom. The summed E-state index contributed by atoms with van der Waals surface area (Å²) in [6.45, 7) is 4.03. The van der Waals surface area contributed by atoms with Crippen molar-refractivity contribution in [2.75, 3.05) is 4.31 Å². The zero-order chi connectivity index (χ0) is 10.8. The van der Waals surface area contributed by atoms with Crippen molar-refractivity contribution >= 4 is 17.0 Å². The number of hydrogen-bond donors (Lipinski definition) is 0. The molecule has 1 fully saturated rings. The second kappa shape index (κ2) is 4.33. The molecular formula is C11H15NO2S. The molecule has 0 N–H and O–H groups in total. The van der Waals surface area contributed by atoms with Crippen LogP contribution in [-0.2, 0) is 15.4 Å². The van der Waals surface area contributed by atoms with Gasteiger partial charge in [-0.2, -0.15) is 0 Å². The van der Waals surface area contributed by atoms with Crippen molar-refractivity contribution in [1.29, 1.82) is 0 Å². The molecule has 82 valence electrons. The van der Waals surface area contributed by atoms with E-state index in [4.69, 9.17) is 4.18 Å². The van der Waals surface area contributed by atoms with Crippen molar-refractivity contribution in [2.24, 2.45) is 0 Å². The molecule has 0 amide bonds. The van der Waals surface area contributed by atoms with Crippen LogP contribution in [0.2, 0.25) is 0 Å². The van der Waals surface area contributed by atoms with E-state index in [9.17, 15) is 4.21 Å². The molecule has 1 aliphatic heterocycles. The van der Waals surface area contributed by atoms with Crippen LogP contribution < -0.4 is 4.31 Å². The van der Waals surface area contributed by atoms with Gasteiger partial charge < -0.3 is 0 Å². The van der Waals surface area contributed by atoms with Gasteiger partial charge in [-0.05, 0) is 32.4 Å². The first-order chi connectivity index (χ1) is 7.18. The maximum atomic E-state index is 11.8. The molecule has 1 aliphatic rings. The lowest BCUT2D eigenvalue weighted by Gasteiger charge is -2.35. The van der Waals surface area contributed by atoms with Crippen molar-refractivity contribution in [3.05, 3.63) is 30.3 Å². The zero-order valence-electron chi connectivity index (χ0n) is 8.92. The van der Waals surface area contributed by atoms with Crippen LogP contribution in [0.4, 0.5) is 5.69 Å². The van der Waals surface area contributed by atoms with Gasteiger partial charge in [0.25, 0.3) is 11.3 Å². The molecule has 1 heterocycles. The molecular weight excluding hydrogens is 210 g/mol. The van der Waals surface area contributed by atoms with E-state index in [0.29, 0.717) is 0 Å². The SMILES string of the molecule is C[C@@H]1C[C@@H](C)N(c2ccccc2)S(=O)O1. The summed E-state index contributed by atoms with van der Waals surface area (Å²) < 4.78 is 19.0. The fourth-order valence-corrected chi connectivity index (χ4v) is 2.99. The Hall–Kier alpha value is -0.870. The van der Waals surface area contributed by atoms with E-state index in [1.807, 2.05) is 41.6 Å². The average Bonchev–Trinajstić information content (AvgIpc) is 2.17. The number of benzene rings is 1. The minimum absolute atomic E-state index is 0.0702. The smallest absolute Gasteiger partial charge is 0.265 e. The van der Waals surface area contributed by atoms with Gasteiger partial charge in [-0.1, -0.05) is 18.2 Å². The van der Waals surface area contributed by atoms with Crippen LogP contribution in [0.25, 0.3) is 0 Å². The molecule has 1 saturated heterocycles. The molecule has 0 radical (unpaired) electrons. The van der Waals surface area contributed by atoms with Crippen molar-refractivity contribution in [1.82, 2.24) is 0 Å². The summed E-state index contributed by atoms with van der Waals surface area (Å²) in [6, 6.07) is 9.98. The predicted molar refractivity (Wildman–Crippen MR) is 61.7 cm³/mol. The summed E-state index contributed by atoms with van der Waals surface area (Å²) in [7, 11) is 0. The topological polar surface area (TPSA) is 29.5 Å². The van der Waals surface area contributed by atoms with E-state index in [0.717, 1.165) is 12.1 Å². The molecule has 0 bridgehead atoms. The Bertz CT molecular complexity index is 355. The molecule has 3 nitrogen and oxygen atoms in total. The molecule has 1 unspecified atom stereocenters. The van der Waals surface area contributed by atoms with Gasteiger partial charge in [0.2, 0.25) is 0 Å². The third-order valence-electron chi connectivity index (χ3n) is 2.49. The van der Waals surface area contributed by atoms with Crippen molar-refractivity contribution in [3.63, 3.8) is 0 Å². The molecule has 3 atom stereocenters. The monoisotopic (exact) mass is 225 g/mol. The van der Waals surface area contributed by atoms with E-state index in [-0.39, 0.29) is 12.1 Å². The first-order valence-corrected chi connectivity index (χ1v) is 6.15. The first kappa shape index (κ1) is 10.6. The highest BCUT2D eigenvalue weighted by molar-refractivity contribution is 7.81. The highest BCUT2D eigenvalue weighted by atomic mass is 32.2. The molecule has 2 rings (SSSR count). The third kappa shape index (κ3) is 2.21. The maximum Gasteiger partial charge on any atom is 0.265 e. The fourth-order valence-electron chi connectivity index (χ4n) is 1.86. The highest BCUT2D eigenvalue weighted by Gasteiger charge is 2.30. The molecule has 0 aromatic heterocycles. The van der Waals surface area contributed by atoms with Crippen LogP contribution in [0, 0.1) is 0 Å². The van der Waals surface area contributed by atoms with Crippen LogP contribution in [0.5, 0.6) is 0 Å². The van der Waals surface area contributed by atoms with Gasteiger partial charge in [0.1, 0.15) is 0 Å². The minimum Gasteiger partial charge on any atom is -0.271 e. The van der Waals surface area contributed by atoms with Gasteiger partial charge in [-0.25, -0.2) is 4.21 Å². The highest BCUT2D eigenvalue weighted by Crippen LogP contribution is 2.26. The van der Waals surface area contributed by atoms with Crippen LogP contribution in [-0.4, -0.2) is 16.4 Å². The predicted octanol–water partition coefficient (Wildman–Crippen LogP) is 2.27. The number of para-hydroxylation sites is 1. The summed E-state index contributed by atoms with van der Waals surface area (Å²) in [6.07, 6.45) is 0.974. The van der Waals surface area contributed by atoms with Crippen LogP contribution in [0.1, 0.15) is 20.3 Å². The lowest BCUT2D eigenvalue weighted by molar-refractivity contribution is 0.206. The summed E-state index contributed by atoms with van der Waals surface area (Å²) in [5.41, 5.74) is 0.954. The zero-order valence-corrected chi connectivity index (χ0v) is 9.74. The Kier molecular flexibility index (Phi) is 3.07. The number of anilines is 1. The van der Waals surface area contributed by atoms with E-state index in [1.54, 1.807) is 0 Å². The van der Waals surface area contributed by atoms with Gasteiger partial charge in [-0.3, -0.25) is 8.49 Å². The summed E-state index contributed by atoms with van der Waals surface area (Å²) in [4.78, 5) is 0. The lowest BCUT2D eigenvalue weighted by atomic mass is 10.1. The minimum atomic E-state index is -1.36. The molecule has 0 aliphatic carbocycles. The molecule has 15 heavy (non-hydrogen) atoms. The van der Waals surface area contributed by atoms with Gasteiger partial charge in [-0.15, -0.1) is 0 Å². The van der Waals surface area contributed by atoms with Gasteiger partial charge in [0.15, 0.2) is 0 Å². The van der Waals surface area contributed by atoms with Gasteiger partial charge in [0, 0.05) is 6.04 Å². The van der Waals surface area contributed by atoms with Crippen molar-refractivity contribution in [2.45, 2.75) is 32.4 Å². The Balaban J connectivity index is 2.25. The third-order valence-corrected chi connectivity index (χ3v) is 3.88. The molecule has 4 heteroatoms. The molecule has 0 saturated carbocycles. The lowest BCUT2D eigenvalue weighted by Crippen LogP contribution is -2.43. The van der Waals surface area contributed by atoms with Gasteiger partial charge in [0.05, 0.1) is 11.8 Å². The Morgan fingerprint density at radius 2 is 2.00 bits per heavy atom. The van der Waals surface area contributed by atoms with Crippen LogP contribution >= 0.6 is 0 Å². The largest absolute Gasteiger partial charge is 0.271 e. The molecule has 1 aromatic rings. The standard InChI is InChI=1S/C11H15NO2S/c1-9-8-10(2)14-15(13)12(9)11-6-4-3-5-7-11/h3-7,9-10H,8H2,1-2H3/t9-,10-,15?/m1/s1. The fraction of sp³-hybridized carbons (Fsp3) is 0.455. The number of hydrogen-bond acceptors (Lipinski definition) is 2. The van der Waals surface area contributed by atoms with E-state index >= 15 is 0 Å². The summed E-state index contributed by atoms with van der Waals surface area (Å²) in [5, 5.41) is 0. The van der Waals surface area contributed by atoms with Crippen molar-refractivity contribution in [3.8, 4) is 0 Å². The van der Waals surface area contributed by atoms with E-state index in [2.05, 4.69) is 6.92 Å². The van der Waals surface area contributed by atoms with Crippen LogP contribution in [0.3, 0.4) is 0 Å². The van der Waals surface area contributed by atoms with Gasteiger partial charge >= 0.3 is 0 Å². The normalized spacial score (nSPS) is 31.6. The summed E-state index contributed by atoms with van der Waals surface area (Å²) >= 11 is -1.36. The number of nitrogens with zero attached hydrogens (tertiary/aromatic N) is 1. The second-order valence-electron chi connectivity index (χ2n) is 3.87. The number of rotatable bonds is 1. The van der Waals surface area contributed by atoms with Crippen molar-refractivity contribution < 1.29 is 8.39 Å². The first-order valence-electron chi connectivity index (χ1n) is 5.12. The Labute approximate surface area is 92.8 Å². The summed E-state index contributed by atoms with van der Waals surface area (Å²) in [5.74, 6) is 0. The maximum absolute atomic E-state index is 11.8. The molecule has 0 spiro atoms. The Morgan fingerprint density at radius 1 is 1.33 bits per heavy atom. The van der Waals surface area contributed by atoms with Crippen LogP contribution in [0.15, 0.2) is 30.3 Å².